The Kier molecular flexibility index (Phi) is 21.0. The average Bonchev–Trinajstić information content (AvgIpc) is 2.82. The summed E-state index contributed by atoms with van der Waals surface area (Å²) in [5.41, 5.74) is -0.642. The van der Waals surface area contributed by atoms with Gasteiger partial charge in [0.2, 0.25) is 5.69 Å². The Hall–Kier alpha value is 0.140. The van der Waals surface area contributed by atoms with Gasteiger partial charge in [-0.15, -0.1) is 0 Å². The zero-order chi connectivity index (χ0) is 25.6. The monoisotopic (exact) mass is 542 g/mol. The van der Waals surface area contributed by atoms with E-state index in [0.29, 0.717) is 0 Å². The molecule has 5 heteroatoms. The molecule has 1 aromatic rings. The highest BCUT2D eigenvalue weighted by Gasteiger charge is 2.14. The maximum absolute atomic E-state index is 9.86. The van der Waals surface area contributed by atoms with Crippen molar-refractivity contribution in [3.63, 3.8) is 0 Å². The molecular formula is C30H55O2PS2. The largest absolute Gasteiger partial charge is 0.337 e. The van der Waals surface area contributed by atoms with Crippen molar-refractivity contribution in [3.05, 3.63) is 29.3 Å². The standard InChI is InChI=1S/C30H55O2PS2/c1-3-5-7-9-11-13-15-17-19-21-23-28-25-26-30(35-33(31,32)34)29(27-28)24-22-20-18-16-14-12-10-8-6-4-2/h25-27H,3-24H2,1-2H3,(H2,31,32,34). The molecule has 0 unspecified atom stereocenters. The van der Waals surface area contributed by atoms with E-state index in [1.807, 2.05) is 0 Å². The molecule has 0 aliphatic carbocycles. The van der Waals surface area contributed by atoms with E-state index in [9.17, 15) is 9.79 Å². The average molecular weight is 543 g/mol. The van der Waals surface area contributed by atoms with E-state index < -0.39 is 5.69 Å². The van der Waals surface area contributed by atoms with Gasteiger partial charge in [0.25, 0.3) is 0 Å². The lowest BCUT2D eigenvalue weighted by Crippen LogP contribution is -1.94. The van der Waals surface area contributed by atoms with Crippen molar-refractivity contribution < 1.29 is 9.79 Å². The third-order valence-corrected chi connectivity index (χ3v) is 9.77. The number of unbranched alkanes of at least 4 members (excludes halogenated alkanes) is 18. The van der Waals surface area contributed by atoms with Gasteiger partial charge in [0.1, 0.15) is 0 Å². The highest BCUT2D eigenvalue weighted by molar-refractivity contribution is 8.67. The van der Waals surface area contributed by atoms with Gasteiger partial charge in [-0.1, -0.05) is 142 Å². The normalized spacial score (nSPS) is 11.9. The molecule has 0 aliphatic heterocycles. The molecule has 0 heterocycles. The van der Waals surface area contributed by atoms with Crippen LogP contribution >= 0.6 is 17.1 Å². The van der Waals surface area contributed by atoms with Gasteiger partial charge < -0.3 is 9.79 Å². The first-order chi connectivity index (χ1) is 17.0. The van der Waals surface area contributed by atoms with E-state index in [1.54, 1.807) is 0 Å². The minimum atomic E-state index is -3.29. The zero-order valence-electron chi connectivity index (χ0n) is 22.9. The Labute approximate surface area is 227 Å². The number of hydrogen-bond donors (Lipinski definition) is 2. The lowest BCUT2D eigenvalue weighted by Gasteiger charge is -2.14. The van der Waals surface area contributed by atoms with E-state index in [2.05, 4.69) is 32.0 Å². The fourth-order valence-corrected chi connectivity index (χ4v) is 7.51. The van der Waals surface area contributed by atoms with Crippen molar-refractivity contribution in [1.82, 2.24) is 0 Å². The molecule has 2 nitrogen and oxygen atoms in total. The van der Waals surface area contributed by atoms with E-state index in [-0.39, 0.29) is 0 Å². The Morgan fingerprint density at radius 3 is 1.43 bits per heavy atom. The molecule has 0 saturated carbocycles. The number of benzene rings is 1. The van der Waals surface area contributed by atoms with Crippen LogP contribution in [0.25, 0.3) is 0 Å². The van der Waals surface area contributed by atoms with Crippen LogP contribution in [0.3, 0.4) is 0 Å². The van der Waals surface area contributed by atoms with Crippen molar-refractivity contribution >= 4 is 28.9 Å². The Morgan fingerprint density at radius 2 is 1.00 bits per heavy atom. The molecule has 1 aromatic carbocycles. The highest BCUT2D eigenvalue weighted by atomic mass is 32.9. The van der Waals surface area contributed by atoms with Crippen LogP contribution in [0.15, 0.2) is 23.1 Å². The summed E-state index contributed by atoms with van der Waals surface area (Å²) in [5.74, 6) is 0. The van der Waals surface area contributed by atoms with Crippen molar-refractivity contribution in [3.8, 4) is 0 Å². The predicted octanol–water partition coefficient (Wildman–Crippen LogP) is 10.9. The van der Waals surface area contributed by atoms with Crippen LogP contribution in [0.5, 0.6) is 0 Å². The summed E-state index contributed by atoms with van der Waals surface area (Å²) >= 11 is 6.01. The second-order valence-electron chi connectivity index (χ2n) is 10.4. The highest BCUT2D eigenvalue weighted by Crippen LogP contribution is 2.55. The molecule has 1 rings (SSSR count). The fraction of sp³-hybridized carbons (Fsp3) is 0.800. The van der Waals surface area contributed by atoms with Crippen LogP contribution in [0.1, 0.15) is 153 Å². The molecule has 2 N–H and O–H groups in total. The van der Waals surface area contributed by atoms with Gasteiger partial charge in [0, 0.05) is 4.90 Å². The molecule has 0 aromatic heterocycles. The number of rotatable bonds is 24. The molecule has 0 bridgehead atoms. The summed E-state index contributed by atoms with van der Waals surface area (Å²) in [6, 6.07) is 6.56. The van der Waals surface area contributed by atoms with Crippen LogP contribution in [0.4, 0.5) is 0 Å². The third kappa shape index (κ3) is 19.9. The maximum Gasteiger partial charge on any atom is 0.246 e. The number of aryl methyl sites for hydroxylation is 2. The lowest BCUT2D eigenvalue weighted by atomic mass is 9.99. The zero-order valence-corrected chi connectivity index (χ0v) is 25.5. The van der Waals surface area contributed by atoms with Crippen molar-refractivity contribution in [2.24, 2.45) is 0 Å². The summed E-state index contributed by atoms with van der Waals surface area (Å²) in [5, 5.41) is 0. The topological polar surface area (TPSA) is 40.5 Å². The molecule has 204 valence electrons. The first kappa shape index (κ1) is 33.2. The van der Waals surface area contributed by atoms with Gasteiger partial charge in [-0.2, -0.15) is 0 Å². The SMILES string of the molecule is CCCCCCCCCCCCc1ccc(SP(O)(O)=S)c(CCCCCCCCCCCC)c1. The predicted molar refractivity (Wildman–Crippen MR) is 162 cm³/mol. The van der Waals surface area contributed by atoms with E-state index in [0.717, 1.165) is 29.1 Å². The van der Waals surface area contributed by atoms with Gasteiger partial charge in [-0.25, -0.2) is 0 Å². The number of hydrogen-bond acceptors (Lipinski definition) is 2. The molecule has 0 radical (unpaired) electrons. The summed E-state index contributed by atoms with van der Waals surface area (Å²) in [7, 11) is 0. The Morgan fingerprint density at radius 1 is 0.600 bits per heavy atom. The molecular weight excluding hydrogens is 487 g/mol. The second kappa shape index (κ2) is 22.2. The fourth-order valence-electron chi connectivity index (χ4n) is 4.82. The molecule has 0 amide bonds. The summed E-state index contributed by atoms with van der Waals surface area (Å²) in [6.07, 6.45) is 29.1. The minimum absolute atomic E-state index is 0.973. The van der Waals surface area contributed by atoms with Gasteiger partial charge in [-0.3, -0.25) is 0 Å². The first-order valence-corrected chi connectivity index (χ1v) is 19.0. The Balaban J connectivity index is 2.34. The summed E-state index contributed by atoms with van der Waals surface area (Å²) in [4.78, 5) is 20.7. The van der Waals surface area contributed by atoms with Gasteiger partial charge in [0.05, 0.1) is 0 Å². The van der Waals surface area contributed by atoms with Gasteiger partial charge >= 0.3 is 0 Å². The van der Waals surface area contributed by atoms with Crippen LogP contribution < -0.4 is 0 Å². The second-order valence-corrected chi connectivity index (χ2v) is 16.3. The van der Waals surface area contributed by atoms with Crippen LogP contribution in [0, 0.1) is 0 Å². The van der Waals surface area contributed by atoms with E-state index in [1.165, 1.54) is 140 Å². The third-order valence-electron chi connectivity index (χ3n) is 6.96. The van der Waals surface area contributed by atoms with Crippen molar-refractivity contribution in [1.29, 1.82) is 0 Å². The lowest BCUT2D eigenvalue weighted by molar-refractivity contribution is 0.502. The molecule has 0 atom stereocenters. The van der Waals surface area contributed by atoms with E-state index >= 15 is 0 Å². The summed E-state index contributed by atoms with van der Waals surface area (Å²) in [6.45, 7) is 4.55. The molecule has 0 saturated heterocycles. The Bertz CT molecular complexity index is 674. The first-order valence-electron chi connectivity index (χ1n) is 14.8. The van der Waals surface area contributed by atoms with Crippen molar-refractivity contribution in [2.75, 3.05) is 0 Å². The minimum Gasteiger partial charge on any atom is -0.337 e. The molecule has 35 heavy (non-hydrogen) atoms. The van der Waals surface area contributed by atoms with Gasteiger partial charge in [-0.05, 0) is 66.1 Å². The quantitative estimate of drug-likeness (QED) is 0.101. The van der Waals surface area contributed by atoms with E-state index in [4.69, 9.17) is 11.8 Å². The molecule has 0 spiro atoms. The van der Waals surface area contributed by atoms with Gasteiger partial charge in [0.15, 0.2) is 0 Å². The van der Waals surface area contributed by atoms with Crippen LogP contribution in [-0.2, 0) is 24.6 Å². The van der Waals surface area contributed by atoms with Crippen LogP contribution in [0.2, 0.25) is 0 Å². The maximum atomic E-state index is 9.86. The molecule has 0 aliphatic rings. The smallest absolute Gasteiger partial charge is 0.246 e. The van der Waals surface area contributed by atoms with Crippen LogP contribution in [-0.4, -0.2) is 9.79 Å². The van der Waals surface area contributed by atoms with Crippen molar-refractivity contribution in [2.45, 2.75) is 160 Å². The molecule has 0 fully saturated rings. The summed E-state index contributed by atoms with van der Waals surface area (Å²) < 4.78 is 0.